The zero-order chi connectivity index (χ0) is 17.6. The molecule has 2 aromatic carbocycles. The van der Waals surface area contributed by atoms with Crippen molar-refractivity contribution in [2.24, 2.45) is 0 Å². The second-order valence-electron chi connectivity index (χ2n) is 5.29. The van der Waals surface area contributed by atoms with E-state index in [1.165, 1.54) is 12.1 Å². The first-order valence-corrected chi connectivity index (χ1v) is 9.02. The van der Waals surface area contributed by atoms with Gasteiger partial charge in [-0.15, -0.1) is 0 Å². The molecular weight excluding hydrogens is 328 g/mol. The van der Waals surface area contributed by atoms with Gasteiger partial charge in [0.1, 0.15) is 17.2 Å². The highest BCUT2D eigenvalue weighted by molar-refractivity contribution is 7.89. The summed E-state index contributed by atoms with van der Waals surface area (Å²) in [7, 11) is -0.147. The lowest BCUT2D eigenvalue weighted by atomic mass is 10.3. The second kappa shape index (κ2) is 8.14. The smallest absolute Gasteiger partial charge is 0.240 e. The van der Waals surface area contributed by atoms with Crippen molar-refractivity contribution in [2.75, 3.05) is 20.7 Å². The first kappa shape index (κ1) is 18.3. The molecule has 0 heterocycles. The molecule has 0 radical (unpaired) electrons. The maximum Gasteiger partial charge on any atom is 0.240 e. The molecule has 0 amide bonds. The summed E-state index contributed by atoms with van der Waals surface area (Å²) in [6.07, 6.45) is 0. The average Bonchev–Trinajstić information content (AvgIpc) is 2.61. The molecule has 6 nitrogen and oxygen atoms in total. The molecule has 0 spiro atoms. The first-order chi connectivity index (χ1) is 11.4. The molecule has 0 fully saturated rings. The summed E-state index contributed by atoms with van der Waals surface area (Å²) in [6.45, 7) is 2.22. The maximum absolute atomic E-state index is 12.2. The molecule has 0 bridgehead atoms. The predicted octanol–water partition coefficient (Wildman–Crippen LogP) is 2.37. The third-order valence-corrected chi connectivity index (χ3v) is 4.94. The maximum atomic E-state index is 12.2. The van der Waals surface area contributed by atoms with Crippen LogP contribution in [0.1, 0.15) is 6.92 Å². The van der Waals surface area contributed by atoms with E-state index < -0.39 is 10.0 Å². The van der Waals surface area contributed by atoms with Gasteiger partial charge in [0.15, 0.2) is 0 Å². The highest BCUT2D eigenvalue weighted by atomic mass is 32.2. The van der Waals surface area contributed by atoms with Gasteiger partial charge >= 0.3 is 0 Å². The van der Waals surface area contributed by atoms with Crippen molar-refractivity contribution < 1.29 is 17.9 Å². The zero-order valence-corrected chi connectivity index (χ0v) is 14.8. The summed E-state index contributed by atoms with van der Waals surface area (Å²) in [6, 6.07) is 13.5. The molecule has 1 unspecified atom stereocenters. The zero-order valence-electron chi connectivity index (χ0n) is 13.9. The molecule has 0 saturated carbocycles. The van der Waals surface area contributed by atoms with E-state index in [9.17, 15) is 8.42 Å². The molecule has 7 heteroatoms. The van der Waals surface area contributed by atoms with Crippen LogP contribution in [0.3, 0.4) is 0 Å². The fourth-order valence-electron chi connectivity index (χ4n) is 1.89. The molecule has 0 saturated heterocycles. The van der Waals surface area contributed by atoms with Gasteiger partial charge < -0.3 is 14.8 Å². The average molecular weight is 350 g/mol. The minimum atomic E-state index is -3.53. The minimum Gasteiger partial charge on any atom is -0.497 e. The van der Waals surface area contributed by atoms with E-state index in [0.717, 1.165) is 5.75 Å². The number of likely N-dealkylation sites (N-methyl/N-ethyl adjacent to an activating group) is 1. The molecule has 0 aromatic heterocycles. The molecule has 0 aliphatic carbocycles. The molecular formula is C17H22N2O4S. The topological polar surface area (TPSA) is 76.7 Å². The summed E-state index contributed by atoms with van der Waals surface area (Å²) in [4.78, 5) is 0.202. The molecule has 24 heavy (non-hydrogen) atoms. The Balaban J connectivity index is 2.03. The van der Waals surface area contributed by atoms with E-state index >= 15 is 0 Å². The monoisotopic (exact) mass is 350 g/mol. The third kappa shape index (κ3) is 4.95. The Hall–Kier alpha value is -2.09. The van der Waals surface area contributed by atoms with Gasteiger partial charge in [-0.25, -0.2) is 13.1 Å². The Morgan fingerprint density at radius 2 is 1.46 bits per heavy atom. The Morgan fingerprint density at radius 1 is 0.958 bits per heavy atom. The van der Waals surface area contributed by atoms with Crippen LogP contribution in [0, 0.1) is 0 Å². The van der Waals surface area contributed by atoms with Crippen molar-refractivity contribution >= 4 is 10.0 Å². The fraction of sp³-hybridized carbons (Fsp3) is 0.294. The number of hydrogen-bond acceptors (Lipinski definition) is 5. The van der Waals surface area contributed by atoms with Crippen molar-refractivity contribution in [3.63, 3.8) is 0 Å². The highest BCUT2D eigenvalue weighted by Gasteiger charge is 2.14. The molecule has 1 atom stereocenters. The van der Waals surface area contributed by atoms with Crippen LogP contribution in [0.2, 0.25) is 0 Å². The standard InChI is InChI=1S/C17H22N2O4S/c1-13(18-2)12-19-24(20,21)17-10-8-16(9-11-17)23-15-6-4-14(22-3)5-7-15/h4-11,13,18-19H,12H2,1-3H3. The van der Waals surface area contributed by atoms with E-state index in [0.29, 0.717) is 18.0 Å². The van der Waals surface area contributed by atoms with Gasteiger partial charge in [-0.3, -0.25) is 0 Å². The van der Waals surface area contributed by atoms with Crippen molar-refractivity contribution in [3.05, 3.63) is 48.5 Å². The molecule has 130 valence electrons. The Labute approximate surface area is 142 Å². The molecule has 0 aliphatic heterocycles. The molecule has 2 aromatic rings. The molecule has 2 N–H and O–H groups in total. The highest BCUT2D eigenvalue weighted by Crippen LogP contribution is 2.24. The van der Waals surface area contributed by atoms with Gasteiger partial charge in [0.2, 0.25) is 10.0 Å². The van der Waals surface area contributed by atoms with Gasteiger partial charge in [0.05, 0.1) is 12.0 Å². The summed E-state index contributed by atoms with van der Waals surface area (Å²) >= 11 is 0. The Morgan fingerprint density at radius 3 is 1.96 bits per heavy atom. The van der Waals surface area contributed by atoms with Gasteiger partial charge in [-0.2, -0.15) is 0 Å². The van der Waals surface area contributed by atoms with Crippen LogP contribution >= 0.6 is 0 Å². The Bertz CT molecular complexity index is 743. The lowest BCUT2D eigenvalue weighted by molar-refractivity contribution is 0.413. The molecule has 0 aliphatic rings. The van der Waals surface area contributed by atoms with Gasteiger partial charge in [-0.1, -0.05) is 0 Å². The fourth-order valence-corrected chi connectivity index (χ4v) is 3.02. The van der Waals surface area contributed by atoms with E-state index in [2.05, 4.69) is 10.0 Å². The number of methoxy groups -OCH3 is 1. The van der Waals surface area contributed by atoms with E-state index in [4.69, 9.17) is 9.47 Å². The second-order valence-corrected chi connectivity index (χ2v) is 7.06. The minimum absolute atomic E-state index is 0.0532. The van der Waals surface area contributed by atoms with Crippen LogP contribution in [-0.2, 0) is 10.0 Å². The van der Waals surface area contributed by atoms with Crippen LogP contribution in [0.15, 0.2) is 53.4 Å². The lowest BCUT2D eigenvalue weighted by Gasteiger charge is -2.12. The molecule has 2 rings (SSSR count). The number of nitrogens with one attached hydrogen (secondary N) is 2. The summed E-state index contributed by atoms with van der Waals surface area (Å²) in [5, 5.41) is 2.98. The predicted molar refractivity (Wildman–Crippen MR) is 93.2 cm³/mol. The van der Waals surface area contributed by atoms with Crippen molar-refractivity contribution in [3.8, 4) is 17.2 Å². The van der Waals surface area contributed by atoms with Crippen LogP contribution in [-0.4, -0.2) is 35.2 Å². The summed E-state index contributed by atoms with van der Waals surface area (Å²) in [5.74, 6) is 1.95. The number of ether oxygens (including phenoxy) is 2. The Kier molecular flexibility index (Phi) is 6.19. The van der Waals surface area contributed by atoms with Crippen molar-refractivity contribution in [1.82, 2.24) is 10.0 Å². The van der Waals surface area contributed by atoms with Crippen LogP contribution in [0.25, 0.3) is 0 Å². The lowest BCUT2D eigenvalue weighted by Crippen LogP contribution is -2.37. The van der Waals surface area contributed by atoms with Gasteiger partial charge in [-0.05, 0) is 62.5 Å². The normalized spacial score (nSPS) is 12.6. The number of rotatable bonds is 8. The van der Waals surface area contributed by atoms with E-state index in [1.807, 2.05) is 6.92 Å². The van der Waals surface area contributed by atoms with Crippen LogP contribution in [0.4, 0.5) is 0 Å². The van der Waals surface area contributed by atoms with E-state index in [-0.39, 0.29) is 10.9 Å². The first-order valence-electron chi connectivity index (χ1n) is 7.53. The van der Waals surface area contributed by atoms with Crippen molar-refractivity contribution in [1.29, 1.82) is 0 Å². The van der Waals surface area contributed by atoms with Gasteiger partial charge in [0.25, 0.3) is 0 Å². The third-order valence-electron chi connectivity index (χ3n) is 3.50. The number of benzene rings is 2. The largest absolute Gasteiger partial charge is 0.497 e. The summed E-state index contributed by atoms with van der Waals surface area (Å²) in [5.41, 5.74) is 0. The SMILES string of the molecule is CNC(C)CNS(=O)(=O)c1ccc(Oc2ccc(OC)cc2)cc1. The number of hydrogen-bond donors (Lipinski definition) is 2. The van der Waals surface area contributed by atoms with Crippen molar-refractivity contribution in [2.45, 2.75) is 17.9 Å². The number of sulfonamides is 1. The van der Waals surface area contributed by atoms with Crippen LogP contribution < -0.4 is 19.5 Å². The quantitative estimate of drug-likeness (QED) is 0.764. The summed E-state index contributed by atoms with van der Waals surface area (Å²) < 4.78 is 37.7. The van der Waals surface area contributed by atoms with Gasteiger partial charge in [0, 0.05) is 12.6 Å². The van der Waals surface area contributed by atoms with Crippen LogP contribution in [0.5, 0.6) is 17.2 Å². The van der Waals surface area contributed by atoms with E-state index in [1.54, 1.807) is 50.6 Å².